The van der Waals surface area contributed by atoms with Gasteiger partial charge in [-0.05, 0) is 38.3 Å². The summed E-state index contributed by atoms with van der Waals surface area (Å²) in [5.74, 6) is 0.639. The zero-order valence-corrected chi connectivity index (χ0v) is 10.2. The van der Waals surface area contributed by atoms with E-state index in [0.29, 0.717) is 18.5 Å². The van der Waals surface area contributed by atoms with Crippen molar-refractivity contribution >= 4 is 5.82 Å². The van der Waals surface area contributed by atoms with Crippen molar-refractivity contribution in [3.05, 3.63) is 23.9 Å². The molecule has 1 aromatic heterocycles. The Morgan fingerprint density at radius 1 is 1.53 bits per heavy atom. The summed E-state index contributed by atoms with van der Waals surface area (Å²) in [5.41, 5.74) is 6.98. The minimum absolute atomic E-state index is 0.291. The molecule has 0 spiro atoms. The zero-order valence-electron chi connectivity index (χ0n) is 10.2. The Bertz CT molecular complexity index is 356. The number of aromatic nitrogens is 1. The quantitative estimate of drug-likeness (QED) is 0.810. The third kappa shape index (κ3) is 3.17. The number of hydrogen-bond donors (Lipinski definition) is 2. The molecule has 1 unspecified atom stereocenters. The molecule has 1 aliphatic rings. The van der Waals surface area contributed by atoms with Gasteiger partial charge in [0.2, 0.25) is 0 Å². The number of likely N-dealkylation sites (tertiary alicyclic amines) is 1. The first-order chi connectivity index (χ1) is 8.31. The summed E-state index contributed by atoms with van der Waals surface area (Å²) in [5, 5.41) is 8.90. The highest BCUT2D eigenvalue weighted by Crippen LogP contribution is 2.24. The van der Waals surface area contributed by atoms with Crippen LogP contribution in [0.2, 0.25) is 0 Å². The molecule has 3 N–H and O–H groups in total. The van der Waals surface area contributed by atoms with Gasteiger partial charge in [-0.15, -0.1) is 0 Å². The summed E-state index contributed by atoms with van der Waals surface area (Å²) >= 11 is 0. The van der Waals surface area contributed by atoms with E-state index in [1.54, 1.807) is 6.20 Å². The molecule has 1 saturated heterocycles. The van der Waals surface area contributed by atoms with E-state index in [1.165, 1.54) is 12.8 Å². The molecule has 0 radical (unpaired) electrons. The fourth-order valence-corrected chi connectivity index (χ4v) is 2.56. The van der Waals surface area contributed by atoms with Gasteiger partial charge in [-0.25, -0.2) is 4.98 Å². The van der Waals surface area contributed by atoms with E-state index < -0.39 is 0 Å². The van der Waals surface area contributed by atoms with Crippen LogP contribution in [0.4, 0.5) is 5.82 Å². The monoisotopic (exact) mass is 235 g/mol. The van der Waals surface area contributed by atoms with Gasteiger partial charge in [0.25, 0.3) is 0 Å². The van der Waals surface area contributed by atoms with E-state index in [4.69, 9.17) is 10.8 Å². The van der Waals surface area contributed by atoms with Gasteiger partial charge in [0.15, 0.2) is 0 Å². The van der Waals surface area contributed by atoms with Crippen molar-refractivity contribution in [3.8, 4) is 0 Å². The van der Waals surface area contributed by atoms with E-state index in [9.17, 15) is 0 Å². The highest BCUT2D eigenvalue weighted by molar-refractivity contribution is 5.38. The Morgan fingerprint density at radius 2 is 2.41 bits per heavy atom. The summed E-state index contributed by atoms with van der Waals surface area (Å²) in [4.78, 5) is 6.58. The fourth-order valence-electron chi connectivity index (χ4n) is 2.56. The topological polar surface area (TPSA) is 62.4 Å². The van der Waals surface area contributed by atoms with Crippen molar-refractivity contribution in [1.82, 2.24) is 9.88 Å². The van der Waals surface area contributed by atoms with Crippen LogP contribution in [0.5, 0.6) is 0 Å². The molecule has 1 atom stereocenters. The highest BCUT2D eigenvalue weighted by atomic mass is 16.2. The van der Waals surface area contributed by atoms with E-state index in [0.717, 1.165) is 31.5 Å². The largest absolute Gasteiger partial charge is 0.396 e. The lowest BCUT2D eigenvalue weighted by Crippen LogP contribution is -2.29. The third-order valence-corrected chi connectivity index (χ3v) is 3.49. The smallest absolute Gasteiger partial charge is 0.127 e. The van der Waals surface area contributed by atoms with E-state index in [1.807, 2.05) is 12.1 Å². The summed E-state index contributed by atoms with van der Waals surface area (Å²) in [6.07, 6.45) is 6.18. The van der Waals surface area contributed by atoms with Gasteiger partial charge in [-0.3, -0.25) is 4.90 Å². The Balaban J connectivity index is 1.95. The molecule has 0 aliphatic carbocycles. The number of hydrogen-bond acceptors (Lipinski definition) is 4. The average Bonchev–Trinajstić information content (AvgIpc) is 2.77. The zero-order chi connectivity index (χ0) is 12.1. The van der Waals surface area contributed by atoms with Gasteiger partial charge in [0.05, 0.1) is 0 Å². The third-order valence-electron chi connectivity index (χ3n) is 3.49. The minimum Gasteiger partial charge on any atom is -0.396 e. The lowest BCUT2D eigenvalue weighted by atomic mass is 10.1. The Kier molecular flexibility index (Phi) is 4.34. The predicted molar refractivity (Wildman–Crippen MR) is 68.4 cm³/mol. The molecular formula is C13H21N3O. The molecule has 4 heteroatoms. The van der Waals surface area contributed by atoms with Crippen LogP contribution in [-0.4, -0.2) is 34.2 Å². The molecule has 2 heterocycles. The maximum Gasteiger partial charge on any atom is 0.127 e. The molecule has 0 amide bonds. The number of pyridine rings is 1. The Hall–Kier alpha value is -1.13. The molecule has 1 fully saturated rings. The van der Waals surface area contributed by atoms with Crippen molar-refractivity contribution in [3.63, 3.8) is 0 Å². The second-order valence-electron chi connectivity index (χ2n) is 4.68. The van der Waals surface area contributed by atoms with Crippen molar-refractivity contribution in [2.24, 2.45) is 0 Å². The van der Waals surface area contributed by atoms with Gasteiger partial charge in [-0.1, -0.05) is 6.07 Å². The number of aliphatic hydroxyl groups excluding tert-OH is 1. The molecule has 1 aromatic rings. The van der Waals surface area contributed by atoms with E-state index >= 15 is 0 Å². The lowest BCUT2D eigenvalue weighted by molar-refractivity contribution is 0.210. The lowest BCUT2D eigenvalue weighted by Gasteiger charge is -2.24. The second-order valence-corrected chi connectivity index (χ2v) is 4.68. The standard InChI is InChI=1S/C13H21N3O/c14-13-11(4-1-7-15-13)10-16-8-2-5-12(16)6-3-9-17/h1,4,7,12,17H,2-3,5-6,8-10H2,(H2,14,15). The summed E-state index contributed by atoms with van der Waals surface area (Å²) in [6, 6.07) is 4.58. The molecule has 2 rings (SSSR count). The molecule has 0 aromatic carbocycles. The van der Waals surface area contributed by atoms with Gasteiger partial charge < -0.3 is 10.8 Å². The average molecular weight is 235 g/mol. The molecule has 0 bridgehead atoms. The minimum atomic E-state index is 0.291. The van der Waals surface area contributed by atoms with E-state index in [2.05, 4.69) is 9.88 Å². The summed E-state index contributed by atoms with van der Waals surface area (Å²) in [6.45, 7) is 2.31. The number of rotatable bonds is 5. The van der Waals surface area contributed by atoms with Crippen LogP contribution in [0.1, 0.15) is 31.2 Å². The predicted octanol–water partition coefficient (Wildman–Crippen LogP) is 1.40. The highest BCUT2D eigenvalue weighted by Gasteiger charge is 2.24. The van der Waals surface area contributed by atoms with Gasteiger partial charge in [0, 0.05) is 31.0 Å². The molecule has 1 aliphatic heterocycles. The van der Waals surface area contributed by atoms with Crippen LogP contribution in [0, 0.1) is 0 Å². The molecular weight excluding hydrogens is 214 g/mol. The van der Waals surface area contributed by atoms with Crippen LogP contribution in [-0.2, 0) is 6.54 Å². The Labute approximate surface area is 102 Å². The van der Waals surface area contributed by atoms with Crippen LogP contribution < -0.4 is 5.73 Å². The van der Waals surface area contributed by atoms with Crippen LogP contribution in [0.15, 0.2) is 18.3 Å². The van der Waals surface area contributed by atoms with Crippen LogP contribution in [0.3, 0.4) is 0 Å². The number of nitrogens with two attached hydrogens (primary N) is 1. The van der Waals surface area contributed by atoms with Crippen LogP contribution >= 0.6 is 0 Å². The molecule has 17 heavy (non-hydrogen) atoms. The first-order valence-electron chi connectivity index (χ1n) is 6.35. The number of nitrogens with zero attached hydrogens (tertiary/aromatic N) is 2. The van der Waals surface area contributed by atoms with Crippen LogP contribution in [0.25, 0.3) is 0 Å². The maximum absolute atomic E-state index is 8.90. The SMILES string of the molecule is Nc1ncccc1CN1CCCC1CCCO. The number of nitrogen functional groups attached to an aromatic ring is 1. The van der Waals surface area contributed by atoms with Gasteiger partial charge >= 0.3 is 0 Å². The second kappa shape index (κ2) is 5.98. The summed E-state index contributed by atoms with van der Waals surface area (Å²) in [7, 11) is 0. The van der Waals surface area contributed by atoms with Crippen molar-refractivity contribution < 1.29 is 5.11 Å². The van der Waals surface area contributed by atoms with Gasteiger partial charge in [-0.2, -0.15) is 0 Å². The number of anilines is 1. The summed E-state index contributed by atoms with van der Waals surface area (Å²) < 4.78 is 0. The maximum atomic E-state index is 8.90. The Morgan fingerprint density at radius 3 is 3.18 bits per heavy atom. The van der Waals surface area contributed by atoms with Crippen molar-refractivity contribution in [2.75, 3.05) is 18.9 Å². The van der Waals surface area contributed by atoms with Gasteiger partial charge in [0.1, 0.15) is 5.82 Å². The van der Waals surface area contributed by atoms with E-state index in [-0.39, 0.29) is 0 Å². The molecule has 94 valence electrons. The fraction of sp³-hybridized carbons (Fsp3) is 0.615. The van der Waals surface area contributed by atoms with Crippen molar-refractivity contribution in [1.29, 1.82) is 0 Å². The first kappa shape index (κ1) is 12.3. The molecule has 4 nitrogen and oxygen atoms in total. The van der Waals surface area contributed by atoms with Crippen molar-refractivity contribution in [2.45, 2.75) is 38.3 Å². The first-order valence-corrected chi connectivity index (χ1v) is 6.35. The molecule has 0 saturated carbocycles. The normalized spacial score (nSPS) is 20.9. The number of aliphatic hydroxyl groups is 1.